The van der Waals surface area contributed by atoms with Crippen LogP contribution in [0.2, 0.25) is 0 Å². The molecular formula is C21H21N7O. The van der Waals surface area contributed by atoms with Gasteiger partial charge in [0.25, 0.3) is 5.91 Å². The average molecular weight is 387 g/mol. The molecule has 5 heterocycles. The molecule has 0 aromatic carbocycles. The Balaban J connectivity index is 1.77. The molecule has 0 spiro atoms. The zero-order valence-electron chi connectivity index (χ0n) is 16.3. The Morgan fingerprint density at radius 2 is 2.03 bits per heavy atom. The van der Waals surface area contributed by atoms with E-state index >= 15 is 0 Å². The average Bonchev–Trinajstić information content (AvgIpc) is 3.33. The molecule has 0 bridgehead atoms. The first-order valence-electron chi connectivity index (χ1n) is 9.73. The third-order valence-electron chi connectivity index (χ3n) is 5.65. The molecule has 29 heavy (non-hydrogen) atoms. The first-order chi connectivity index (χ1) is 14.0. The van der Waals surface area contributed by atoms with Gasteiger partial charge < -0.3 is 10.3 Å². The molecule has 5 rings (SSSR count). The van der Waals surface area contributed by atoms with E-state index in [2.05, 4.69) is 33.6 Å². The molecule has 8 heteroatoms. The minimum Gasteiger partial charge on any atom is -0.363 e. The number of nitrogens with zero attached hydrogens (tertiary/aromatic N) is 6. The number of pyridine rings is 2. The molecular weight excluding hydrogens is 366 g/mol. The third-order valence-corrected chi connectivity index (χ3v) is 5.65. The van der Waals surface area contributed by atoms with Gasteiger partial charge in [-0.15, -0.1) is 10.2 Å². The van der Waals surface area contributed by atoms with Crippen molar-refractivity contribution >= 4 is 11.6 Å². The Bertz CT molecular complexity index is 1220. The van der Waals surface area contributed by atoms with E-state index < -0.39 is 5.91 Å². The number of primary amides is 1. The molecule has 0 aliphatic carbocycles. The maximum Gasteiger partial charge on any atom is 0.287 e. The summed E-state index contributed by atoms with van der Waals surface area (Å²) in [5, 5.41) is 8.04. The van der Waals surface area contributed by atoms with Crippen LogP contribution in [0.4, 0.5) is 0 Å². The Morgan fingerprint density at radius 3 is 2.79 bits per heavy atom. The van der Waals surface area contributed by atoms with Gasteiger partial charge in [-0.2, -0.15) is 0 Å². The maximum absolute atomic E-state index is 11.6. The lowest BCUT2D eigenvalue weighted by atomic mass is 9.96. The molecule has 0 saturated carbocycles. The van der Waals surface area contributed by atoms with Gasteiger partial charge in [0.2, 0.25) is 5.82 Å². The summed E-state index contributed by atoms with van der Waals surface area (Å²) in [6.07, 6.45) is 5.78. The molecule has 0 saturated heterocycles. The number of rotatable bonds is 3. The number of nitrogens with two attached hydrogens (primary N) is 1. The minimum absolute atomic E-state index is 0.119. The lowest BCUT2D eigenvalue weighted by Gasteiger charge is -2.28. The minimum atomic E-state index is -0.608. The molecule has 0 radical (unpaired) electrons. The fraction of sp³-hybridized carbons (Fsp3) is 0.286. The molecule has 1 aliphatic rings. The van der Waals surface area contributed by atoms with Crippen molar-refractivity contribution in [3.05, 3.63) is 54.4 Å². The van der Waals surface area contributed by atoms with Crippen molar-refractivity contribution in [2.75, 3.05) is 0 Å². The van der Waals surface area contributed by atoms with Gasteiger partial charge in [-0.1, -0.05) is 13.0 Å². The number of imidazole rings is 1. The molecule has 4 aromatic heterocycles. The van der Waals surface area contributed by atoms with Gasteiger partial charge in [-0.25, -0.2) is 4.98 Å². The van der Waals surface area contributed by atoms with E-state index in [9.17, 15) is 4.79 Å². The predicted molar refractivity (Wildman–Crippen MR) is 108 cm³/mol. The first-order valence-corrected chi connectivity index (χ1v) is 9.73. The number of carbonyl (C=O) groups is 1. The van der Waals surface area contributed by atoms with E-state index in [1.54, 1.807) is 16.8 Å². The summed E-state index contributed by atoms with van der Waals surface area (Å²) in [5.41, 5.74) is 9.64. The molecule has 1 amide bonds. The van der Waals surface area contributed by atoms with Crippen LogP contribution >= 0.6 is 0 Å². The van der Waals surface area contributed by atoms with Gasteiger partial charge in [-0.3, -0.25) is 14.2 Å². The molecule has 8 nitrogen and oxygen atoms in total. The van der Waals surface area contributed by atoms with Gasteiger partial charge in [0, 0.05) is 29.9 Å². The molecule has 0 unspecified atom stereocenters. The topological polar surface area (TPSA) is 104 Å². The summed E-state index contributed by atoms with van der Waals surface area (Å²) in [7, 11) is 0. The standard InChI is InChI=1S/C21H21N7O/c1-12-6-7-13(2)28-18(17(24-20(12)28)15-5-3-4-9-23-15)14-8-10-27-16(11-14)25-26-21(27)19(22)29/h3-5,8-13H,6-7H2,1-2H3,(H2,22,29)/t12-,13+/m0/s1. The molecule has 1 aliphatic heterocycles. The number of hydrogen-bond donors (Lipinski definition) is 1. The summed E-state index contributed by atoms with van der Waals surface area (Å²) >= 11 is 0. The van der Waals surface area contributed by atoms with Crippen molar-refractivity contribution < 1.29 is 4.79 Å². The highest BCUT2D eigenvalue weighted by atomic mass is 16.1. The quantitative estimate of drug-likeness (QED) is 0.581. The van der Waals surface area contributed by atoms with Crippen LogP contribution in [0.1, 0.15) is 55.1 Å². The lowest BCUT2D eigenvalue weighted by Crippen LogP contribution is -2.19. The SMILES string of the molecule is C[C@@H]1CC[C@H](C)c2nc(-c3ccccn3)c(-c3ccn4c(C(N)=O)nnc4c3)n21. The Morgan fingerprint density at radius 1 is 1.17 bits per heavy atom. The normalized spacial score (nSPS) is 18.7. The maximum atomic E-state index is 11.6. The summed E-state index contributed by atoms with van der Waals surface area (Å²) in [6.45, 7) is 4.45. The number of amides is 1. The zero-order chi connectivity index (χ0) is 20.1. The highest BCUT2D eigenvalue weighted by Crippen LogP contribution is 2.41. The van der Waals surface area contributed by atoms with Crippen LogP contribution in [0, 0.1) is 0 Å². The van der Waals surface area contributed by atoms with E-state index in [1.165, 1.54) is 0 Å². The number of fused-ring (bicyclic) bond motifs is 2. The van der Waals surface area contributed by atoms with Crippen LogP contribution in [-0.2, 0) is 0 Å². The van der Waals surface area contributed by atoms with Gasteiger partial charge in [-0.05, 0) is 44.0 Å². The van der Waals surface area contributed by atoms with Crippen LogP contribution in [0.3, 0.4) is 0 Å². The highest BCUT2D eigenvalue weighted by molar-refractivity contribution is 5.90. The molecule has 2 N–H and O–H groups in total. The summed E-state index contributed by atoms with van der Waals surface area (Å²) in [5.74, 6) is 0.969. The summed E-state index contributed by atoms with van der Waals surface area (Å²) in [4.78, 5) is 21.1. The lowest BCUT2D eigenvalue weighted by molar-refractivity contribution is 0.0989. The Labute approximate surface area is 167 Å². The molecule has 2 atom stereocenters. The van der Waals surface area contributed by atoms with Crippen molar-refractivity contribution in [2.45, 2.75) is 38.6 Å². The second-order valence-corrected chi connectivity index (χ2v) is 7.61. The van der Waals surface area contributed by atoms with E-state index in [-0.39, 0.29) is 5.82 Å². The fourth-order valence-electron chi connectivity index (χ4n) is 4.16. The highest BCUT2D eigenvalue weighted by Gasteiger charge is 2.30. The van der Waals surface area contributed by atoms with E-state index in [1.807, 2.05) is 30.3 Å². The fourth-order valence-corrected chi connectivity index (χ4v) is 4.16. The predicted octanol–water partition coefficient (Wildman–Crippen LogP) is 3.21. The summed E-state index contributed by atoms with van der Waals surface area (Å²) < 4.78 is 3.93. The van der Waals surface area contributed by atoms with Crippen LogP contribution in [-0.4, -0.2) is 35.0 Å². The molecule has 4 aromatic rings. The first kappa shape index (κ1) is 17.5. The second-order valence-electron chi connectivity index (χ2n) is 7.61. The van der Waals surface area contributed by atoms with Crippen molar-refractivity contribution in [3.8, 4) is 22.6 Å². The van der Waals surface area contributed by atoms with Crippen molar-refractivity contribution in [1.29, 1.82) is 0 Å². The monoisotopic (exact) mass is 387 g/mol. The van der Waals surface area contributed by atoms with Crippen molar-refractivity contribution in [3.63, 3.8) is 0 Å². The summed E-state index contributed by atoms with van der Waals surface area (Å²) in [6, 6.07) is 10.1. The van der Waals surface area contributed by atoms with Gasteiger partial charge in [0.05, 0.1) is 11.4 Å². The molecule has 0 fully saturated rings. The number of aromatic nitrogens is 6. The van der Waals surface area contributed by atoms with E-state index in [0.29, 0.717) is 17.6 Å². The second kappa shape index (κ2) is 6.51. The van der Waals surface area contributed by atoms with E-state index in [4.69, 9.17) is 10.7 Å². The third kappa shape index (κ3) is 2.71. The zero-order valence-corrected chi connectivity index (χ0v) is 16.3. The van der Waals surface area contributed by atoms with Crippen LogP contribution in [0.15, 0.2) is 42.7 Å². The van der Waals surface area contributed by atoms with Crippen LogP contribution in [0.25, 0.3) is 28.3 Å². The van der Waals surface area contributed by atoms with Gasteiger partial charge in [0.15, 0.2) is 5.65 Å². The Kier molecular flexibility index (Phi) is 3.94. The van der Waals surface area contributed by atoms with Crippen LogP contribution < -0.4 is 5.73 Å². The van der Waals surface area contributed by atoms with Gasteiger partial charge in [0.1, 0.15) is 11.5 Å². The van der Waals surface area contributed by atoms with Crippen LogP contribution in [0.5, 0.6) is 0 Å². The smallest absolute Gasteiger partial charge is 0.287 e. The number of carbonyl (C=O) groups excluding carboxylic acids is 1. The van der Waals surface area contributed by atoms with Gasteiger partial charge >= 0.3 is 0 Å². The largest absolute Gasteiger partial charge is 0.363 e. The molecule has 146 valence electrons. The van der Waals surface area contributed by atoms with Crippen molar-refractivity contribution in [1.82, 2.24) is 29.1 Å². The van der Waals surface area contributed by atoms with E-state index in [0.717, 1.165) is 41.3 Å². The van der Waals surface area contributed by atoms with Crippen molar-refractivity contribution in [2.24, 2.45) is 5.73 Å². The Hall–Kier alpha value is -3.55. The number of hydrogen-bond acceptors (Lipinski definition) is 5.